The molecule has 0 saturated carbocycles. The Morgan fingerprint density at radius 2 is 1.78 bits per heavy atom. The zero-order valence-corrected chi connectivity index (χ0v) is 20.0. The fraction of sp³-hybridized carbons (Fsp3) is 0.241. The van der Waals surface area contributed by atoms with Crippen molar-refractivity contribution in [3.63, 3.8) is 0 Å². The van der Waals surface area contributed by atoms with Crippen molar-refractivity contribution >= 4 is 16.9 Å². The minimum absolute atomic E-state index is 0.158. The minimum atomic E-state index is -0.479. The average Bonchev–Trinajstić information content (AvgIpc) is 3.16. The van der Waals surface area contributed by atoms with Crippen molar-refractivity contribution in [3.8, 4) is 28.4 Å². The fourth-order valence-corrected chi connectivity index (χ4v) is 4.06. The Morgan fingerprint density at radius 3 is 2.58 bits per heavy atom. The molecule has 0 unspecified atom stereocenters. The number of fused-ring (bicyclic) bond motifs is 2. The number of esters is 1. The predicted molar refractivity (Wildman–Crippen MR) is 135 cm³/mol. The topological polar surface area (TPSA) is 84.2 Å². The third-order valence-electron chi connectivity index (χ3n) is 5.98. The molecule has 7 heteroatoms. The van der Waals surface area contributed by atoms with Gasteiger partial charge in [-0.1, -0.05) is 43.3 Å². The number of hydrogen-bond donors (Lipinski definition) is 0. The molecule has 0 spiro atoms. The SMILES string of the molecule is CCc1cc2c(=O)c(-c3ccc4c(c3)OCCCO4)coc2cc1OCC(=O)OCc1ccccc1. The standard InChI is InChI=1S/C29H26O7/c1-2-20-13-22-26(15-25(20)35-18-28(30)36-16-19-7-4-3-5-8-19)34-17-23(29(22)31)21-9-10-24-27(14-21)33-12-6-11-32-24/h3-5,7-10,13-15,17H,2,6,11-12,16,18H2,1H3. The van der Waals surface area contributed by atoms with Gasteiger partial charge in [-0.25, -0.2) is 4.79 Å². The number of benzene rings is 3. The summed E-state index contributed by atoms with van der Waals surface area (Å²) in [6.45, 7) is 3.05. The normalized spacial score (nSPS) is 12.7. The van der Waals surface area contributed by atoms with E-state index in [1.54, 1.807) is 18.2 Å². The summed E-state index contributed by atoms with van der Waals surface area (Å²) in [6, 6.07) is 18.3. The summed E-state index contributed by atoms with van der Waals surface area (Å²) in [5, 5.41) is 0.440. The monoisotopic (exact) mass is 486 g/mol. The number of rotatable bonds is 7. The van der Waals surface area contributed by atoms with Gasteiger partial charge in [-0.3, -0.25) is 4.79 Å². The first-order chi connectivity index (χ1) is 17.6. The minimum Gasteiger partial charge on any atom is -0.490 e. The molecule has 0 aliphatic carbocycles. The van der Waals surface area contributed by atoms with Gasteiger partial charge < -0.3 is 23.4 Å². The van der Waals surface area contributed by atoms with Crippen LogP contribution in [0.3, 0.4) is 0 Å². The second kappa shape index (κ2) is 10.6. The molecule has 0 amide bonds. The van der Waals surface area contributed by atoms with Crippen molar-refractivity contribution in [1.82, 2.24) is 0 Å². The number of ether oxygens (including phenoxy) is 4. The molecule has 184 valence electrons. The highest BCUT2D eigenvalue weighted by Gasteiger charge is 2.17. The van der Waals surface area contributed by atoms with Crippen molar-refractivity contribution in [1.29, 1.82) is 0 Å². The molecule has 0 atom stereocenters. The van der Waals surface area contributed by atoms with Gasteiger partial charge in [0.1, 0.15) is 24.2 Å². The molecule has 2 heterocycles. The van der Waals surface area contributed by atoms with E-state index in [2.05, 4.69) is 0 Å². The van der Waals surface area contributed by atoms with E-state index in [0.717, 1.165) is 17.5 Å². The van der Waals surface area contributed by atoms with Crippen molar-refractivity contribution in [2.24, 2.45) is 0 Å². The largest absolute Gasteiger partial charge is 0.490 e. The third kappa shape index (κ3) is 5.05. The van der Waals surface area contributed by atoms with E-state index in [1.165, 1.54) is 6.26 Å². The van der Waals surface area contributed by atoms with Crippen LogP contribution in [-0.4, -0.2) is 25.8 Å². The Morgan fingerprint density at radius 1 is 0.972 bits per heavy atom. The number of hydrogen-bond acceptors (Lipinski definition) is 7. The summed E-state index contributed by atoms with van der Waals surface area (Å²) < 4.78 is 28.3. The lowest BCUT2D eigenvalue weighted by Crippen LogP contribution is -2.15. The Balaban J connectivity index is 1.36. The van der Waals surface area contributed by atoms with Gasteiger partial charge in [0, 0.05) is 12.5 Å². The van der Waals surface area contributed by atoms with E-state index in [4.69, 9.17) is 23.4 Å². The summed E-state index contributed by atoms with van der Waals surface area (Å²) in [5.41, 5.74) is 3.03. The van der Waals surface area contributed by atoms with Crippen LogP contribution in [-0.2, 0) is 22.6 Å². The molecular formula is C29H26O7. The molecule has 4 aromatic rings. The van der Waals surface area contributed by atoms with Gasteiger partial charge in [0.05, 0.1) is 24.2 Å². The molecule has 0 fully saturated rings. The van der Waals surface area contributed by atoms with E-state index in [9.17, 15) is 9.59 Å². The quantitative estimate of drug-likeness (QED) is 0.328. The summed E-state index contributed by atoms with van der Waals surface area (Å²) in [6.07, 6.45) is 2.85. The highest BCUT2D eigenvalue weighted by molar-refractivity contribution is 5.84. The third-order valence-corrected chi connectivity index (χ3v) is 5.98. The van der Waals surface area contributed by atoms with E-state index < -0.39 is 5.97 Å². The molecule has 36 heavy (non-hydrogen) atoms. The van der Waals surface area contributed by atoms with Gasteiger partial charge in [0.25, 0.3) is 0 Å². The average molecular weight is 487 g/mol. The van der Waals surface area contributed by atoms with Gasteiger partial charge in [-0.15, -0.1) is 0 Å². The molecule has 0 N–H and O–H groups in total. The van der Waals surface area contributed by atoms with Crippen LogP contribution in [0.15, 0.2) is 76.1 Å². The highest BCUT2D eigenvalue weighted by atomic mass is 16.6. The maximum atomic E-state index is 13.4. The predicted octanol–water partition coefficient (Wildman–Crippen LogP) is 5.31. The molecule has 1 aliphatic heterocycles. The van der Waals surface area contributed by atoms with Crippen LogP contribution < -0.4 is 19.6 Å². The molecule has 3 aromatic carbocycles. The lowest BCUT2D eigenvalue weighted by Gasteiger charge is -2.12. The van der Waals surface area contributed by atoms with Crippen molar-refractivity contribution in [2.75, 3.05) is 19.8 Å². The molecule has 5 rings (SSSR count). The first-order valence-electron chi connectivity index (χ1n) is 11.9. The first-order valence-corrected chi connectivity index (χ1v) is 11.9. The molecule has 1 aliphatic rings. The summed E-state index contributed by atoms with van der Waals surface area (Å²) in [7, 11) is 0. The van der Waals surface area contributed by atoms with Crippen LogP contribution in [0.5, 0.6) is 17.2 Å². The Bertz CT molecular complexity index is 1440. The molecule has 7 nitrogen and oxygen atoms in total. The molecule has 0 bridgehead atoms. The second-order valence-electron chi connectivity index (χ2n) is 8.44. The maximum absolute atomic E-state index is 13.4. The smallest absolute Gasteiger partial charge is 0.344 e. The molecule has 0 saturated heterocycles. The zero-order chi connectivity index (χ0) is 24.9. The van der Waals surface area contributed by atoms with E-state index in [-0.39, 0.29) is 18.6 Å². The van der Waals surface area contributed by atoms with Crippen LogP contribution in [0.25, 0.3) is 22.1 Å². The summed E-state index contributed by atoms with van der Waals surface area (Å²) in [4.78, 5) is 25.6. The van der Waals surface area contributed by atoms with Crippen LogP contribution >= 0.6 is 0 Å². The van der Waals surface area contributed by atoms with Gasteiger partial charge in [0.15, 0.2) is 18.1 Å². The van der Waals surface area contributed by atoms with Crippen LogP contribution in [0.1, 0.15) is 24.5 Å². The van der Waals surface area contributed by atoms with Crippen molar-refractivity contribution in [2.45, 2.75) is 26.4 Å². The Kier molecular flexibility index (Phi) is 6.89. The fourth-order valence-electron chi connectivity index (χ4n) is 4.06. The molecule has 1 aromatic heterocycles. The number of carbonyl (C=O) groups is 1. The second-order valence-corrected chi connectivity index (χ2v) is 8.44. The zero-order valence-electron chi connectivity index (χ0n) is 20.0. The van der Waals surface area contributed by atoms with E-state index in [1.807, 2.05) is 49.4 Å². The lowest BCUT2D eigenvalue weighted by molar-refractivity contribution is -0.147. The van der Waals surface area contributed by atoms with Crippen LogP contribution in [0.4, 0.5) is 0 Å². The van der Waals surface area contributed by atoms with Crippen molar-refractivity contribution < 1.29 is 28.2 Å². The van der Waals surface area contributed by atoms with Crippen LogP contribution in [0.2, 0.25) is 0 Å². The molecular weight excluding hydrogens is 460 g/mol. The van der Waals surface area contributed by atoms with E-state index >= 15 is 0 Å². The van der Waals surface area contributed by atoms with Gasteiger partial charge >= 0.3 is 5.97 Å². The lowest BCUT2D eigenvalue weighted by atomic mass is 10.0. The highest BCUT2D eigenvalue weighted by Crippen LogP contribution is 2.34. The Hall–Kier alpha value is -4.26. The first kappa shape index (κ1) is 23.5. The maximum Gasteiger partial charge on any atom is 0.344 e. The van der Waals surface area contributed by atoms with Crippen molar-refractivity contribution in [3.05, 3.63) is 88.3 Å². The Labute approximate surface area is 208 Å². The van der Waals surface area contributed by atoms with Crippen LogP contribution in [0, 0.1) is 0 Å². The number of carbonyl (C=O) groups excluding carboxylic acids is 1. The van der Waals surface area contributed by atoms with Gasteiger partial charge in [-0.2, -0.15) is 0 Å². The van der Waals surface area contributed by atoms with Gasteiger partial charge in [0.2, 0.25) is 5.43 Å². The summed E-state index contributed by atoms with van der Waals surface area (Å²) in [5.74, 6) is 1.28. The number of aryl methyl sites for hydroxylation is 1. The molecule has 0 radical (unpaired) electrons. The van der Waals surface area contributed by atoms with E-state index in [0.29, 0.717) is 59.0 Å². The summed E-state index contributed by atoms with van der Waals surface area (Å²) >= 11 is 0. The van der Waals surface area contributed by atoms with Gasteiger partial charge in [-0.05, 0) is 41.3 Å².